The van der Waals surface area contributed by atoms with Crippen molar-refractivity contribution in [3.05, 3.63) is 11.7 Å². The van der Waals surface area contributed by atoms with Crippen molar-refractivity contribution in [3.8, 4) is 0 Å². The van der Waals surface area contributed by atoms with E-state index in [0.717, 1.165) is 44.7 Å². The third-order valence-electron chi connectivity index (χ3n) is 5.28. The first-order chi connectivity index (χ1) is 11.8. The number of hydrogen-bond donors (Lipinski definition) is 0. The van der Waals surface area contributed by atoms with Gasteiger partial charge in [0.2, 0.25) is 5.89 Å². The molecule has 1 amide bonds. The standard InChI is InChI=1S/C17H26N4O3/c22-17(20-8-3-4-9-20)23-12-14-5-1-2-10-21(14)11-15-18-16(19-24-15)13-6-7-13/h13-14H,1-12H2. The van der Waals surface area contributed by atoms with Gasteiger partial charge in [-0.3, -0.25) is 4.90 Å². The van der Waals surface area contributed by atoms with Crippen LogP contribution in [-0.2, 0) is 11.3 Å². The number of hydrogen-bond acceptors (Lipinski definition) is 6. The van der Waals surface area contributed by atoms with E-state index in [-0.39, 0.29) is 12.1 Å². The first-order valence-corrected chi connectivity index (χ1v) is 9.28. The predicted octanol–water partition coefficient (Wildman–Crippen LogP) is 2.53. The van der Waals surface area contributed by atoms with E-state index < -0.39 is 0 Å². The lowest BCUT2D eigenvalue weighted by molar-refractivity contribution is 0.0450. The van der Waals surface area contributed by atoms with Gasteiger partial charge in [-0.15, -0.1) is 0 Å². The van der Waals surface area contributed by atoms with Crippen LogP contribution in [0.4, 0.5) is 4.79 Å². The van der Waals surface area contributed by atoms with Crippen molar-refractivity contribution in [2.24, 2.45) is 0 Å². The Labute approximate surface area is 142 Å². The minimum Gasteiger partial charge on any atom is -0.448 e. The molecule has 0 radical (unpaired) electrons. The molecule has 3 fully saturated rings. The van der Waals surface area contributed by atoms with Crippen LogP contribution in [0.3, 0.4) is 0 Å². The Morgan fingerprint density at radius 3 is 2.71 bits per heavy atom. The summed E-state index contributed by atoms with van der Waals surface area (Å²) in [5.41, 5.74) is 0. The first-order valence-electron chi connectivity index (χ1n) is 9.28. The molecule has 24 heavy (non-hydrogen) atoms. The van der Waals surface area contributed by atoms with Gasteiger partial charge in [0.15, 0.2) is 5.82 Å². The summed E-state index contributed by atoms with van der Waals surface area (Å²) in [6.07, 6.45) is 7.77. The van der Waals surface area contributed by atoms with Crippen LogP contribution in [0.2, 0.25) is 0 Å². The SMILES string of the molecule is O=C(OCC1CCCCN1Cc1nc(C2CC2)no1)N1CCCC1. The van der Waals surface area contributed by atoms with Crippen molar-refractivity contribution in [1.29, 1.82) is 0 Å². The molecule has 7 nitrogen and oxygen atoms in total. The molecule has 3 heterocycles. The first kappa shape index (κ1) is 15.9. The Balaban J connectivity index is 1.31. The van der Waals surface area contributed by atoms with Crippen LogP contribution in [0.5, 0.6) is 0 Å². The molecule has 1 saturated carbocycles. The van der Waals surface area contributed by atoms with E-state index >= 15 is 0 Å². The number of amides is 1. The lowest BCUT2D eigenvalue weighted by atomic mass is 10.0. The number of carbonyl (C=O) groups excluding carboxylic acids is 1. The van der Waals surface area contributed by atoms with Crippen molar-refractivity contribution in [3.63, 3.8) is 0 Å². The Hall–Kier alpha value is -1.63. The molecule has 7 heteroatoms. The zero-order valence-corrected chi connectivity index (χ0v) is 14.2. The van der Waals surface area contributed by atoms with E-state index in [4.69, 9.17) is 9.26 Å². The number of nitrogens with zero attached hydrogens (tertiary/aromatic N) is 4. The van der Waals surface area contributed by atoms with Crippen LogP contribution in [0, 0.1) is 0 Å². The van der Waals surface area contributed by atoms with E-state index in [2.05, 4.69) is 15.0 Å². The van der Waals surface area contributed by atoms with Crippen molar-refractivity contribution in [2.75, 3.05) is 26.2 Å². The lowest BCUT2D eigenvalue weighted by Gasteiger charge is -2.34. The smallest absolute Gasteiger partial charge is 0.409 e. The molecule has 1 aromatic heterocycles. The molecular weight excluding hydrogens is 308 g/mol. The molecule has 2 saturated heterocycles. The lowest BCUT2D eigenvalue weighted by Crippen LogP contribution is -2.43. The fourth-order valence-corrected chi connectivity index (χ4v) is 3.63. The topological polar surface area (TPSA) is 71.7 Å². The van der Waals surface area contributed by atoms with Gasteiger partial charge < -0.3 is 14.2 Å². The fraction of sp³-hybridized carbons (Fsp3) is 0.824. The highest BCUT2D eigenvalue weighted by molar-refractivity contribution is 5.67. The van der Waals surface area contributed by atoms with E-state index in [1.807, 2.05) is 4.90 Å². The molecular formula is C17H26N4O3. The fourth-order valence-electron chi connectivity index (χ4n) is 3.63. The van der Waals surface area contributed by atoms with Crippen LogP contribution < -0.4 is 0 Å². The average molecular weight is 334 g/mol. The number of aromatic nitrogens is 2. The maximum atomic E-state index is 12.1. The number of carbonyl (C=O) groups is 1. The van der Waals surface area contributed by atoms with Crippen molar-refractivity contribution < 1.29 is 14.1 Å². The van der Waals surface area contributed by atoms with Gasteiger partial charge in [-0.25, -0.2) is 4.79 Å². The number of likely N-dealkylation sites (tertiary alicyclic amines) is 2. The summed E-state index contributed by atoms with van der Waals surface area (Å²) in [4.78, 5) is 20.7. The zero-order valence-electron chi connectivity index (χ0n) is 14.2. The quantitative estimate of drug-likeness (QED) is 0.824. The second-order valence-electron chi connectivity index (χ2n) is 7.21. The highest BCUT2D eigenvalue weighted by Gasteiger charge is 2.30. The van der Waals surface area contributed by atoms with Gasteiger partial charge in [-0.1, -0.05) is 11.6 Å². The molecule has 132 valence electrons. The van der Waals surface area contributed by atoms with E-state index in [1.54, 1.807) is 0 Å². The number of ether oxygens (including phenoxy) is 1. The van der Waals surface area contributed by atoms with Gasteiger partial charge in [-0.05, 0) is 45.1 Å². The molecule has 1 aromatic rings. The van der Waals surface area contributed by atoms with Crippen LogP contribution in [0.1, 0.15) is 62.6 Å². The van der Waals surface area contributed by atoms with Gasteiger partial charge >= 0.3 is 6.09 Å². The summed E-state index contributed by atoms with van der Waals surface area (Å²) in [5, 5.41) is 4.09. The molecule has 1 aliphatic carbocycles. The van der Waals surface area contributed by atoms with Gasteiger partial charge in [0.05, 0.1) is 6.54 Å². The van der Waals surface area contributed by atoms with Gasteiger partial charge in [-0.2, -0.15) is 4.98 Å². The maximum absolute atomic E-state index is 12.1. The third-order valence-corrected chi connectivity index (χ3v) is 5.28. The largest absolute Gasteiger partial charge is 0.448 e. The second-order valence-corrected chi connectivity index (χ2v) is 7.21. The van der Waals surface area contributed by atoms with E-state index in [1.165, 1.54) is 25.7 Å². The molecule has 0 aromatic carbocycles. The minimum atomic E-state index is -0.160. The monoisotopic (exact) mass is 334 g/mol. The Morgan fingerprint density at radius 2 is 1.92 bits per heavy atom. The molecule has 2 aliphatic heterocycles. The normalized spacial score (nSPS) is 25.2. The van der Waals surface area contributed by atoms with Crippen LogP contribution >= 0.6 is 0 Å². The van der Waals surface area contributed by atoms with Gasteiger partial charge in [0.1, 0.15) is 6.61 Å². The predicted molar refractivity (Wildman–Crippen MR) is 86.5 cm³/mol. The van der Waals surface area contributed by atoms with Crippen molar-refractivity contribution >= 4 is 6.09 Å². The molecule has 0 spiro atoms. The summed E-state index contributed by atoms with van der Waals surface area (Å²) in [6.45, 7) is 3.77. The summed E-state index contributed by atoms with van der Waals surface area (Å²) >= 11 is 0. The van der Waals surface area contributed by atoms with Crippen molar-refractivity contribution in [1.82, 2.24) is 19.9 Å². The maximum Gasteiger partial charge on any atom is 0.409 e. The number of piperidine rings is 1. The molecule has 0 bridgehead atoms. The summed E-state index contributed by atoms with van der Waals surface area (Å²) < 4.78 is 11.0. The summed E-state index contributed by atoms with van der Waals surface area (Å²) in [5.74, 6) is 2.06. The van der Waals surface area contributed by atoms with E-state index in [0.29, 0.717) is 25.0 Å². The summed E-state index contributed by atoms with van der Waals surface area (Å²) in [6, 6.07) is 0.251. The zero-order chi connectivity index (χ0) is 16.4. The third kappa shape index (κ3) is 3.71. The Kier molecular flexibility index (Phi) is 4.69. The second kappa shape index (κ2) is 7.09. The summed E-state index contributed by atoms with van der Waals surface area (Å²) in [7, 11) is 0. The Morgan fingerprint density at radius 1 is 1.12 bits per heavy atom. The van der Waals surface area contributed by atoms with Crippen LogP contribution in [0.25, 0.3) is 0 Å². The van der Waals surface area contributed by atoms with Crippen LogP contribution in [0.15, 0.2) is 4.52 Å². The molecule has 1 atom stereocenters. The Bertz CT molecular complexity index is 566. The molecule has 1 unspecified atom stereocenters. The molecule has 4 rings (SSSR count). The number of rotatable bonds is 5. The van der Waals surface area contributed by atoms with Gasteiger partial charge in [0.25, 0.3) is 0 Å². The van der Waals surface area contributed by atoms with Crippen molar-refractivity contribution in [2.45, 2.75) is 63.5 Å². The van der Waals surface area contributed by atoms with E-state index in [9.17, 15) is 4.79 Å². The van der Waals surface area contributed by atoms with Crippen LogP contribution in [-0.4, -0.2) is 58.3 Å². The van der Waals surface area contributed by atoms with Gasteiger partial charge in [0, 0.05) is 25.0 Å². The average Bonchev–Trinajstić information content (AvgIpc) is 3.11. The minimum absolute atomic E-state index is 0.160. The highest BCUT2D eigenvalue weighted by Crippen LogP contribution is 2.38. The molecule has 0 N–H and O–H groups in total. The highest BCUT2D eigenvalue weighted by atomic mass is 16.6. The molecule has 3 aliphatic rings.